The molecule has 0 unspecified atom stereocenters. The third-order valence-electron chi connectivity index (χ3n) is 7.06. The van der Waals surface area contributed by atoms with Gasteiger partial charge in [-0.25, -0.2) is 4.98 Å². The molecule has 0 amide bonds. The predicted octanol–water partition coefficient (Wildman–Crippen LogP) is 2.82. The first kappa shape index (κ1) is 24.9. The van der Waals surface area contributed by atoms with E-state index in [1.807, 2.05) is 0 Å². The average molecular weight is 524 g/mol. The largest absolute Gasteiger partial charge is 0.394 e. The van der Waals surface area contributed by atoms with E-state index >= 15 is 0 Å². The van der Waals surface area contributed by atoms with E-state index in [1.165, 1.54) is 10.4 Å². The van der Waals surface area contributed by atoms with Gasteiger partial charge in [-0.15, -0.1) is 0 Å². The SMILES string of the molecule is C[Si](CCCNc1nc(Cl)nc2c1ncn2[C@H]1C[C@H](O)[C@@H](CO)O1)(c1ccccc1)c1ccccc1. The van der Waals surface area contributed by atoms with Crippen LogP contribution in [0, 0.1) is 0 Å². The number of fused-ring (bicyclic) bond motifs is 1. The standard InChI is InChI=1S/C26H30ClN5O3Si/c1-36(18-9-4-2-5-10-18,19-11-6-3-7-12-19)14-8-13-28-24-23-25(31-26(27)30-24)32(17-29-23)22-15-20(34)21(16-33)35-22/h2-7,9-12,17,20-22,33-34H,8,13-16H2,1H3,(H,28,30,31)/t20-,21+,22+/m0/s1. The fourth-order valence-corrected chi connectivity index (χ4v) is 8.81. The van der Waals surface area contributed by atoms with Gasteiger partial charge in [0.2, 0.25) is 5.28 Å². The van der Waals surface area contributed by atoms with Crippen LogP contribution >= 0.6 is 11.6 Å². The number of ether oxygens (including phenoxy) is 1. The lowest BCUT2D eigenvalue weighted by atomic mass is 10.2. The van der Waals surface area contributed by atoms with Crippen molar-refractivity contribution in [3.63, 3.8) is 0 Å². The number of nitrogens with one attached hydrogen (secondary N) is 1. The van der Waals surface area contributed by atoms with Crippen molar-refractivity contribution in [3.8, 4) is 0 Å². The van der Waals surface area contributed by atoms with Crippen LogP contribution in [0.2, 0.25) is 17.9 Å². The number of aliphatic hydroxyl groups is 2. The van der Waals surface area contributed by atoms with Crippen molar-refractivity contribution in [2.75, 3.05) is 18.5 Å². The van der Waals surface area contributed by atoms with Crippen molar-refractivity contribution >= 4 is 47.0 Å². The lowest BCUT2D eigenvalue weighted by molar-refractivity contribution is -0.0432. The highest BCUT2D eigenvalue weighted by Gasteiger charge is 2.35. The number of aromatic nitrogens is 4. The van der Waals surface area contributed by atoms with Crippen LogP contribution in [0.3, 0.4) is 0 Å². The summed E-state index contributed by atoms with van der Waals surface area (Å²) in [6.07, 6.45) is 1.04. The molecular weight excluding hydrogens is 494 g/mol. The Balaban J connectivity index is 1.32. The number of anilines is 1. The van der Waals surface area contributed by atoms with Gasteiger partial charge in [0.25, 0.3) is 0 Å². The second-order valence-electron chi connectivity index (χ2n) is 9.37. The summed E-state index contributed by atoms with van der Waals surface area (Å²) in [5, 5.41) is 25.9. The second-order valence-corrected chi connectivity index (χ2v) is 14.0. The molecule has 4 aromatic rings. The Labute approximate surface area is 216 Å². The summed E-state index contributed by atoms with van der Waals surface area (Å²) in [5.41, 5.74) is 1.12. The molecule has 3 N–H and O–H groups in total. The van der Waals surface area contributed by atoms with Crippen molar-refractivity contribution in [1.82, 2.24) is 19.5 Å². The Morgan fingerprint density at radius 1 is 1.08 bits per heavy atom. The first-order chi connectivity index (χ1) is 17.5. The number of halogens is 1. The van der Waals surface area contributed by atoms with Crippen LogP contribution in [0.4, 0.5) is 5.82 Å². The van der Waals surface area contributed by atoms with E-state index in [9.17, 15) is 10.2 Å². The third kappa shape index (κ3) is 4.89. The second kappa shape index (κ2) is 10.7. The van der Waals surface area contributed by atoms with Crippen molar-refractivity contribution in [3.05, 3.63) is 72.3 Å². The molecule has 36 heavy (non-hydrogen) atoms. The van der Waals surface area contributed by atoms with E-state index in [2.05, 4.69) is 87.5 Å². The molecule has 188 valence electrons. The van der Waals surface area contributed by atoms with Gasteiger partial charge in [0, 0.05) is 13.0 Å². The van der Waals surface area contributed by atoms with E-state index in [1.54, 1.807) is 10.9 Å². The molecule has 0 aliphatic carbocycles. The Kier molecular flexibility index (Phi) is 7.36. The maximum absolute atomic E-state index is 10.1. The van der Waals surface area contributed by atoms with Gasteiger partial charge in [-0.1, -0.05) is 77.6 Å². The summed E-state index contributed by atoms with van der Waals surface area (Å²) in [7, 11) is -1.91. The van der Waals surface area contributed by atoms with Gasteiger partial charge in [-0.05, 0) is 24.1 Å². The number of nitrogens with zero attached hydrogens (tertiary/aromatic N) is 4. The highest BCUT2D eigenvalue weighted by molar-refractivity contribution is 7.01. The zero-order valence-electron chi connectivity index (χ0n) is 20.1. The van der Waals surface area contributed by atoms with E-state index in [0.717, 1.165) is 12.5 Å². The molecule has 1 fully saturated rings. The molecule has 1 aliphatic rings. The minimum absolute atomic E-state index is 0.108. The normalized spacial score (nSPS) is 20.2. The molecular formula is C26H30ClN5O3Si. The average Bonchev–Trinajstić information content (AvgIpc) is 3.50. The topological polar surface area (TPSA) is 105 Å². The van der Waals surface area contributed by atoms with Crippen LogP contribution in [-0.4, -0.2) is 63.2 Å². The zero-order chi connectivity index (χ0) is 25.1. The van der Waals surface area contributed by atoms with Crippen molar-refractivity contribution < 1.29 is 14.9 Å². The molecule has 1 saturated heterocycles. The lowest BCUT2D eigenvalue weighted by Gasteiger charge is -2.29. The van der Waals surface area contributed by atoms with E-state index in [4.69, 9.17) is 16.3 Å². The molecule has 0 saturated carbocycles. The van der Waals surface area contributed by atoms with Crippen LogP contribution in [0.1, 0.15) is 19.1 Å². The smallest absolute Gasteiger partial charge is 0.226 e. The molecule has 0 radical (unpaired) electrons. The van der Waals surface area contributed by atoms with Gasteiger partial charge in [-0.2, -0.15) is 9.97 Å². The summed E-state index contributed by atoms with van der Waals surface area (Å²) in [6, 6.07) is 22.7. The first-order valence-corrected chi connectivity index (χ1v) is 15.3. The number of benzene rings is 2. The van der Waals surface area contributed by atoms with Crippen LogP contribution in [0.25, 0.3) is 11.2 Å². The fraction of sp³-hybridized carbons (Fsp3) is 0.346. The maximum Gasteiger partial charge on any atom is 0.226 e. The highest BCUT2D eigenvalue weighted by atomic mass is 35.5. The van der Waals surface area contributed by atoms with E-state index in [-0.39, 0.29) is 11.9 Å². The molecule has 0 spiro atoms. The number of hydrogen-bond donors (Lipinski definition) is 3. The summed E-state index contributed by atoms with van der Waals surface area (Å²) in [6.45, 7) is 2.89. The minimum Gasteiger partial charge on any atom is -0.394 e. The van der Waals surface area contributed by atoms with Crippen LogP contribution < -0.4 is 15.7 Å². The Morgan fingerprint density at radius 3 is 2.36 bits per heavy atom. The van der Waals surface area contributed by atoms with Crippen LogP contribution in [-0.2, 0) is 4.74 Å². The zero-order valence-corrected chi connectivity index (χ0v) is 21.8. The molecule has 2 aromatic heterocycles. The number of aliphatic hydroxyl groups excluding tert-OH is 2. The number of hydrogen-bond acceptors (Lipinski definition) is 7. The number of rotatable bonds is 9. The van der Waals surface area contributed by atoms with E-state index in [0.29, 0.717) is 29.9 Å². The molecule has 0 bridgehead atoms. The van der Waals surface area contributed by atoms with Gasteiger partial charge in [0.1, 0.15) is 20.4 Å². The summed E-state index contributed by atoms with van der Waals surface area (Å²) >= 11 is 6.26. The van der Waals surface area contributed by atoms with Crippen molar-refractivity contribution in [1.29, 1.82) is 0 Å². The Bertz CT molecular complexity index is 1270. The maximum atomic E-state index is 10.1. The molecule has 5 rings (SSSR count). The van der Waals surface area contributed by atoms with Crippen molar-refractivity contribution in [2.45, 2.75) is 43.9 Å². The van der Waals surface area contributed by atoms with Crippen molar-refractivity contribution in [2.24, 2.45) is 0 Å². The summed E-state index contributed by atoms with van der Waals surface area (Å²) < 4.78 is 7.52. The molecule has 8 nitrogen and oxygen atoms in total. The Morgan fingerprint density at radius 2 is 1.75 bits per heavy atom. The molecule has 3 atom stereocenters. The predicted molar refractivity (Wildman–Crippen MR) is 144 cm³/mol. The van der Waals surface area contributed by atoms with Gasteiger partial charge in [0.15, 0.2) is 17.0 Å². The van der Waals surface area contributed by atoms with Gasteiger partial charge >= 0.3 is 0 Å². The fourth-order valence-electron chi connectivity index (χ4n) is 4.99. The van der Waals surface area contributed by atoms with Gasteiger partial charge in [-0.3, -0.25) is 4.57 Å². The van der Waals surface area contributed by atoms with Crippen LogP contribution in [0.5, 0.6) is 0 Å². The third-order valence-corrected chi connectivity index (χ3v) is 11.8. The number of imidazole rings is 1. The monoisotopic (exact) mass is 523 g/mol. The van der Waals surface area contributed by atoms with Crippen LogP contribution in [0.15, 0.2) is 67.0 Å². The first-order valence-electron chi connectivity index (χ1n) is 12.2. The van der Waals surface area contributed by atoms with E-state index < -0.39 is 26.5 Å². The molecule has 1 aliphatic heterocycles. The molecule has 3 heterocycles. The highest BCUT2D eigenvalue weighted by Crippen LogP contribution is 2.32. The quantitative estimate of drug-likeness (QED) is 0.176. The minimum atomic E-state index is -1.91. The summed E-state index contributed by atoms with van der Waals surface area (Å²) in [5.74, 6) is 0.573. The summed E-state index contributed by atoms with van der Waals surface area (Å²) in [4.78, 5) is 13.3. The Hall–Kier alpha value is -2.82. The molecule has 10 heteroatoms. The lowest BCUT2D eigenvalue weighted by Crippen LogP contribution is -2.55. The van der Waals surface area contributed by atoms with Gasteiger partial charge in [0.05, 0.1) is 19.0 Å². The molecule has 2 aromatic carbocycles. The van der Waals surface area contributed by atoms with Gasteiger partial charge < -0.3 is 20.3 Å².